The molecule has 120 valence electrons. The summed E-state index contributed by atoms with van der Waals surface area (Å²) in [5, 5.41) is 2.96. The Balaban J connectivity index is 1.44. The molecule has 0 saturated carbocycles. The number of hydrogen-bond acceptors (Lipinski definition) is 4. The van der Waals surface area contributed by atoms with Crippen LogP contribution in [0.25, 0.3) is 0 Å². The molecule has 1 aromatic rings. The van der Waals surface area contributed by atoms with Crippen LogP contribution in [0.4, 0.5) is 0 Å². The van der Waals surface area contributed by atoms with Crippen molar-refractivity contribution in [2.45, 2.75) is 38.2 Å². The van der Waals surface area contributed by atoms with E-state index < -0.39 is 0 Å². The summed E-state index contributed by atoms with van der Waals surface area (Å²) in [6, 6.07) is 5.42. The molecule has 1 saturated heterocycles. The van der Waals surface area contributed by atoms with Crippen molar-refractivity contribution < 1.29 is 19.0 Å². The number of carbonyl (C=O) groups is 1. The van der Waals surface area contributed by atoms with Crippen LogP contribution < -0.4 is 14.8 Å². The SMILES string of the molecule is O=C(NCCCC[C@@H]1CCCO1)c1cccc2c1OCCO2. The standard InChI is InChI=1S/C17H23NO4/c19-17(18-9-2-1-5-13-6-4-10-20-13)14-7-3-8-15-16(14)22-12-11-21-15/h3,7-8,13H,1-2,4-6,9-12H2,(H,18,19)/t13-/m1/s1. The Morgan fingerprint density at radius 3 is 2.95 bits per heavy atom. The minimum absolute atomic E-state index is 0.0977. The molecule has 2 heterocycles. The topological polar surface area (TPSA) is 56.8 Å². The lowest BCUT2D eigenvalue weighted by Crippen LogP contribution is -2.26. The first-order valence-electron chi connectivity index (χ1n) is 8.13. The van der Waals surface area contributed by atoms with E-state index in [1.165, 1.54) is 12.8 Å². The fourth-order valence-electron chi connectivity index (χ4n) is 2.92. The highest BCUT2D eigenvalue weighted by Gasteiger charge is 2.20. The van der Waals surface area contributed by atoms with E-state index in [9.17, 15) is 4.79 Å². The second-order valence-corrected chi connectivity index (χ2v) is 5.72. The molecule has 1 aromatic carbocycles. The van der Waals surface area contributed by atoms with E-state index in [1.807, 2.05) is 12.1 Å². The first kappa shape index (κ1) is 15.2. The molecule has 0 bridgehead atoms. The number of nitrogens with one attached hydrogen (secondary N) is 1. The summed E-state index contributed by atoms with van der Waals surface area (Å²) in [6.45, 7) is 2.60. The molecule has 2 aliphatic heterocycles. The van der Waals surface area contributed by atoms with Gasteiger partial charge in [-0.15, -0.1) is 0 Å². The summed E-state index contributed by atoms with van der Waals surface area (Å²) in [6.07, 6.45) is 5.94. The van der Waals surface area contributed by atoms with E-state index in [0.29, 0.717) is 42.9 Å². The lowest BCUT2D eigenvalue weighted by atomic mass is 10.1. The van der Waals surface area contributed by atoms with Gasteiger partial charge in [0.15, 0.2) is 11.5 Å². The number of para-hydroxylation sites is 1. The molecule has 22 heavy (non-hydrogen) atoms. The van der Waals surface area contributed by atoms with E-state index >= 15 is 0 Å². The highest BCUT2D eigenvalue weighted by Crippen LogP contribution is 2.33. The molecule has 1 N–H and O–H groups in total. The minimum atomic E-state index is -0.0977. The Morgan fingerprint density at radius 2 is 2.09 bits per heavy atom. The van der Waals surface area contributed by atoms with Crippen molar-refractivity contribution in [1.82, 2.24) is 5.32 Å². The summed E-state index contributed by atoms with van der Waals surface area (Å²) in [5.74, 6) is 1.11. The maximum Gasteiger partial charge on any atom is 0.255 e. The van der Waals surface area contributed by atoms with Gasteiger partial charge in [0, 0.05) is 13.2 Å². The Bertz CT molecular complexity index is 511. The molecule has 5 nitrogen and oxygen atoms in total. The molecule has 1 atom stereocenters. The second-order valence-electron chi connectivity index (χ2n) is 5.72. The quantitative estimate of drug-likeness (QED) is 0.821. The van der Waals surface area contributed by atoms with Crippen LogP contribution in [0.2, 0.25) is 0 Å². The molecule has 0 unspecified atom stereocenters. The molecule has 1 fully saturated rings. The highest BCUT2D eigenvalue weighted by molar-refractivity contribution is 5.97. The molecule has 0 radical (unpaired) electrons. The van der Waals surface area contributed by atoms with Gasteiger partial charge in [-0.2, -0.15) is 0 Å². The van der Waals surface area contributed by atoms with E-state index in [4.69, 9.17) is 14.2 Å². The zero-order valence-electron chi connectivity index (χ0n) is 12.8. The van der Waals surface area contributed by atoms with Crippen LogP contribution in [-0.2, 0) is 4.74 Å². The fraction of sp³-hybridized carbons (Fsp3) is 0.588. The number of ether oxygens (including phenoxy) is 3. The van der Waals surface area contributed by atoms with Crippen LogP contribution in [0, 0.1) is 0 Å². The lowest BCUT2D eigenvalue weighted by Gasteiger charge is -2.20. The Kier molecular flexibility index (Phi) is 5.16. The van der Waals surface area contributed by atoms with Crippen LogP contribution in [0.1, 0.15) is 42.5 Å². The maximum absolute atomic E-state index is 12.3. The van der Waals surface area contributed by atoms with Gasteiger partial charge in [-0.1, -0.05) is 6.07 Å². The number of amides is 1. The predicted molar refractivity (Wildman–Crippen MR) is 82.6 cm³/mol. The van der Waals surface area contributed by atoms with E-state index in [1.54, 1.807) is 6.07 Å². The third-order valence-electron chi connectivity index (χ3n) is 4.07. The van der Waals surface area contributed by atoms with Gasteiger partial charge in [-0.25, -0.2) is 0 Å². The van der Waals surface area contributed by atoms with Crippen molar-refractivity contribution in [2.75, 3.05) is 26.4 Å². The third-order valence-corrected chi connectivity index (χ3v) is 4.07. The number of benzene rings is 1. The molecule has 0 aliphatic carbocycles. The highest BCUT2D eigenvalue weighted by atomic mass is 16.6. The molecule has 5 heteroatoms. The fourth-order valence-corrected chi connectivity index (χ4v) is 2.92. The van der Waals surface area contributed by atoms with Gasteiger partial charge in [0.05, 0.1) is 11.7 Å². The number of unbranched alkanes of at least 4 members (excludes halogenated alkanes) is 1. The van der Waals surface area contributed by atoms with Crippen molar-refractivity contribution in [3.8, 4) is 11.5 Å². The number of fused-ring (bicyclic) bond motifs is 1. The molecule has 2 aliphatic rings. The van der Waals surface area contributed by atoms with Crippen LogP contribution in [0.3, 0.4) is 0 Å². The normalized spacial score (nSPS) is 19.9. The minimum Gasteiger partial charge on any atom is -0.486 e. The number of carbonyl (C=O) groups excluding carboxylic acids is 1. The van der Waals surface area contributed by atoms with Crippen molar-refractivity contribution in [3.63, 3.8) is 0 Å². The first-order chi connectivity index (χ1) is 10.8. The molecule has 0 aromatic heterocycles. The van der Waals surface area contributed by atoms with E-state index in [2.05, 4.69) is 5.32 Å². The van der Waals surface area contributed by atoms with E-state index in [0.717, 1.165) is 25.9 Å². The Labute approximate surface area is 130 Å². The van der Waals surface area contributed by atoms with Gasteiger partial charge in [0.25, 0.3) is 5.91 Å². The molecule has 0 spiro atoms. The Hall–Kier alpha value is -1.75. The summed E-state index contributed by atoms with van der Waals surface area (Å²) in [5.41, 5.74) is 0.552. The van der Waals surface area contributed by atoms with Gasteiger partial charge in [-0.05, 0) is 44.2 Å². The average Bonchev–Trinajstić information content (AvgIpc) is 3.07. The maximum atomic E-state index is 12.3. The van der Waals surface area contributed by atoms with Gasteiger partial charge in [0.2, 0.25) is 0 Å². The summed E-state index contributed by atoms with van der Waals surface area (Å²) < 4.78 is 16.7. The monoisotopic (exact) mass is 305 g/mol. The van der Waals surface area contributed by atoms with Crippen LogP contribution in [0.5, 0.6) is 11.5 Å². The van der Waals surface area contributed by atoms with Crippen molar-refractivity contribution in [1.29, 1.82) is 0 Å². The van der Waals surface area contributed by atoms with Gasteiger partial charge in [0.1, 0.15) is 13.2 Å². The summed E-state index contributed by atoms with van der Waals surface area (Å²) in [4.78, 5) is 12.3. The zero-order valence-corrected chi connectivity index (χ0v) is 12.8. The number of rotatable bonds is 6. The third kappa shape index (κ3) is 3.71. The van der Waals surface area contributed by atoms with Crippen molar-refractivity contribution >= 4 is 5.91 Å². The van der Waals surface area contributed by atoms with Gasteiger partial charge >= 0.3 is 0 Å². The van der Waals surface area contributed by atoms with Crippen LogP contribution >= 0.6 is 0 Å². The smallest absolute Gasteiger partial charge is 0.255 e. The first-order valence-corrected chi connectivity index (χ1v) is 8.13. The second kappa shape index (κ2) is 7.49. The van der Waals surface area contributed by atoms with Crippen LogP contribution in [0.15, 0.2) is 18.2 Å². The molecular formula is C17H23NO4. The lowest BCUT2D eigenvalue weighted by molar-refractivity contribution is 0.0936. The van der Waals surface area contributed by atoms with Crippen molar-refractivity contribution in [2.24, 2.45) is 0 Å². The largest absolute Gasteiger partial charge is 0.486 e. The molecular weight excluding hydrogens is 282 g/mol. The molecule has 3 rings (SSSR count). The molecule has 1 amide bonds. The average molecular weight is 305 g/mol. The van der Waals surface area contributed by atoms with Gasteiger partial charge < -0.3 is 19.5 Å². The Morgan fingerprint density at radius 1 is 1.18 bits per heavy atom. The predicted octanol–water partition coefficient (Wildman–Crippen LogP) is 2.54. The van der Waals surface area contributed by atoms with Crippen molar-refractivity contribution in [3.05, 3.63) is 23.8 Å². The summed E-state index contributed by atoms with van der Waals surface area (Å²) >= 11 is 0. The zero-order chi connectivity index (χ0) is 15.2. The van der Waals surface area contributed by atoms with Crippen LogP contribution in [-0.4, -0.2) is 38.4 Å². The summed E-state index contributed by atoms with van der Waals surface area (Å²) in [7, 11) is 0. The number of hydrogen-bond donors (Lipinski definition) is 1. The van der Waals surface area contributed by atoms with E-state index in [-0.39, 0.29) is 5.91 Å². The van der Waals surface area contributed by atoms with Gasteiger partial charge in [-0.3, -0.25) is 4.79 Å².